The van der Waals surface area contributed by atoms with Gasteiger partial charge in [-0.25, -0.2) is 9.59 Å². The molecular formula is C8H6BrNO4. The molecule has 1 heterocycles. The summed E-state index contributed by atoms with van der Waals surface area (Å²) in [5, 5.41) is 17.5. The van der Waals surface area contributed by atoms with Crippen LogP contribution in [0, 0.1) is 6.92 Å². The minimum absolute atomic E-state index is 0.199. The van der Waals surface area contributed by atoms with Crippen LogP contribution in [0.3, 0.4) is 0 Å². The maximum absolute atomic E-state index is 10.8. The minimum atomic E-state index is -1.31. The molecule has 0 radical (unpaired) electrons. The van der Waals surface area contributed by atoms with E-state index >= 15 is 0 Å². The second kappa shape index (κ2) is 3.75. The Balaban J connectivity index is 3.53. The zero-order chi connectivity index (χ0) is 10.9. The first-order chi connectivity index (χ1) is 6.45. The van der Waals surface area contributed by atoms with E-state index in [-0.39, 0.29) is 15.6 Å². The van der Waals surface area contributed by atoms with E-state index < -0.39 is 11.9 Å². The topological polar surface area (TPSA) is 87.5 Å². The van der Waals surface area contributed by atoms with Gasteiger partial charge in [0, 0.05) is 6.20 Å². The van der Waals surface area contributed by atoms with E-state index in [1.807, 2.05) is 0 Å². The molecule has 6 heteroatoms. The highest BCUT2D eigenvalue weighted by Gasteiger charge is 2.21. The van der Waals surface area contributed by atoms with Gasteiger partial charge >= 0.3 is 11.9 Å². The fourth-order valence-electron chi connectivity index (χ4n) is 0.953. The highest BCUT2D eigenvalue weighted by Crippen LogP contribution is 2.22. The average Bonchev–Trinajstić information content (AvgIpc) is 2.08. The van der Waals surface area contributed by atoms with Gasteiger partial charge in [-0.3, -0.25) is 4.98 Å². The number of pyridine rings is 1. The fourth-order valence-corrected chi connectivity index (χ4v) is 1.44. The van der Waals surface area contributed by atoms with E-state index in [0.717, 1.165) is 6.20 Å². The van der Waals surface area contributed by atoms with E-state index in [1.165, 1.54) is 0 Å². The second-order valence-corrected chi connectivity index (χ2v) is 3.35. The van der Waals surface area contributed by atoms with Crippen molar-refractivity contribution in [1.29, 1.82) is 0 Å². The van der Waals surface area contributed by atoms with Crippen molar-refractivity contribution in [3.63, 3.8) is 0 Å². The van der Waals surface area contributed by atoms with Gasteiger partial charge in [-0.1, -0.05) is 0 Å². The van der Waals surface area contributed by atoms with Crippen LogP contribution in [0.4, 0.5) is 0 Å². The summed E-state index contributed by atoms with van der Waals surface area (Å²) in [7, 11) is 0. The molecule has 0 saturated heterocycles. The largest absolute Gasteiger partial charge is 0.478 e. The minimum Gasteiger partial charge on any atom is -0.478 e. The third-order valence-corrected chi connectivity index (χ3v) is 2.61. The number of halogens is 1. The van der Waals surface area contributed by atoms with Crippen molar-refractivity contribution < 1.29 is 19.8 Å². The van der Waals surface area contributed by atoms with Crippen LogP contribution in [0.2, 0.25) is 0 Å². The number of carbonyl (C=O) groups is 2. The van der Waals surface area contributed by atoms with Gasteiger partial charge in [0.05, 0.1) is 21.3 Å². The maximum atomic E-state index is 10.8. The summed E-state index contributed by atoms with van der Waals surface area (Å²) in [6, 6.07) is 0. The number of aryl methyl sites for hydroxylation is 1. The monoisotopic (exact) mass is 259 g/mol. The first-order valence-corrected chi connectivity index (χ1v) is 4.36. The molecule has 5 nitrogen and oxygen atoms in total. The van der Waals surface area contributed by atoms with Gasteiger partial charge in [-0.05, 0) is 22.9 Å². The van der Waals surface area contributed by atoms with Gasteiger partial charge in [0.25, 0.3) is 0 Å². The van der Waals surface area contributed by atoms with Crippen molar-refractivity contribution >= 4 is 27.9 Å². The molecule has 14 heavy (non-hydrogen) atoms. The van der Waals surface area contributed by atoms with Crippen LogP contribution in [-0.4, -0.2) is 27.1 Å². The normalized spacial score (nSPS) is 9.86. The molecule has 0 aliphatic heterocycles. The van der Waals surface area contributed by atoms with Crippen molar-refractivity contribution in [1.82, 2.24) is 4.98 Å². The SMILES string of the molecule is Cc1ncc(C(=O)O)c(C(=O)O)c1Br. The van der Waals surface area contributed by atoms with Gasteiger partial charge in [0.2, 0.25) is 0 Å². The first kappa shape index (κ1) is 10.6. The number of aromatic nitrogens is 1. The van der Waals surface area contributed by atoms with Crippen molar-refractivity contribution in [3.05, 3.63) is 27.5 Å². The summed E-state index contributed by atoms with van der Waals surface area (Å²) in [4.78, 5) is 25.2. The van der Waals surface area contributed by atoms with Crippen LogP contribution < -0.4 is 0 Å². The Morgan fingerprint density at radius 3 is 2.36 bits per heavy atom. The quantitative estimate of drug-likeness (QED) is 0.842. The Bertz CT molecular complexity index is 416. The first-order valence-electron chi connectivity index (χ1n) is 3.56. The Labute approximate surface area is 87.5 Å². The summed E-state index contributed by atoms with van der Waals surface area (Å²) >= 11 is 2.99. The summed E-state index contributed by atoms with van der Waals surface area (Å²) < 4.78 is 0.199. The van der Waals surface area contributed by atoms with Crippen LogP contribution in [0.25, 0.3) is 0 Å². The number of carboxylic acids is 2. The van der Waals surface area contributed by atoms with Crippen molar-refractivity contribution in [2.75, 3.05) is 0 Å². The van der Waals surface area contributed by atoms with E-state index in [4.69, 9.17) is 10.2 Å². The molecule has 0 atom stereocenters. The van der Waals surface area contributed by atoms with E-state index in [2.05, 4.69) is 20.9 Å². The number of rotatable bonds is 2. The number of aromatic carboxylic acids is 2. The molecule has 0 aliphatic rings. The van der Waals surface area contributed by atoms with Gasteiger partial charge in [-0.2, -0.15) is 0 Å². The smallest absolute Gasteiger partial charge is 0.338 e. The third kappa shape index (κ3) is 1.74. The molecule has 0 fully saturated rings. The molecule has 0 aromatic carbocycles. The van der Waals surface area contributed by atoms with Crippen molar-refractivity contribution in [3.8, 4) is 0 Å². The standard InChI is InChI=1S/C8H6BrNO4/c1-3-6(9)5(8(13)14)4(2-10-3)7(11)12/h2H,1H3,(H,11,12)(H,13,14). The molecule has 1 aromatic heterocycles. The van der Waals surface area contributed by atoms with Gasteiger partial charge in [-0.15, -0.1) is 0 Å². The molecule has 74 valence electrons. The molecule has 0 spiro atoms. The Hall–Kier alpha value is -1.43. The molecule has 0 bridgehead atoms. The highest BCUT2D eigenvalue weighted by atomic mass is 79.9. The lowest BCUT2D eigenvalue weighted by Crippen LogP contribution is -2.10. The summed E-state index contributed by atoms with van der Waals surface area (Å²) in [6.45, 7) is 1.59. The average molecular weight is 260 g/mol. The highest BCUT2D eigenvalue weighted by molar-refractivity contribution is 9.10. The number of hydrogen-bond acceptors (Lipinski definition) is 3. The lowest BCUT2D eigenvalue weighted by atomic mass is 10.1. The lowest BCUT2D eigenvalue weighted by Gasteiger charge is -2.05. The molecular weight excluding hydrogens is 254 g/mol. The van der Waals surface area contributed by atoms with E-state index in [9.17, 15) is 9.59 Å². The van der Waals surface area contributed by atoms with Crippen LogP contribution >= 0.6 is 15.9 Å². The molecule has 2 N–H and O–H groups in total. The zero-order valence-corrected chi connectivity index (χ0v) is 8.70. The van der Waals surface area contributed by atoms with Crippen molar-refractivity contribution in [2.24, 2.45) is 0 Å². The zero-order valence-electron chi connectivity index (χ0n) is 7.11. The van der Waals surface area contributed by atoms with Gasteiger partial charge < -0.3 is 10.2 Å². The predicted molar refractivity (Wildman–Crippen MR) is 50.6 cm³/mol. The Morgan fingerprint density at radius 1 is 1.36 bits per heavy atom. The molecule has 0 amide bonds. The molecule has 0 aliphatic carbocycles. The van der Waals surface area contributed by atoms with Gasteiger partial charge in [0.15, 0.2) is 0 Å². The molecule has 1 rings (SSSR count). The van der Waals surface area contributed by atoms with Crippen LogP contribution in [0.15, 0.2) is 10.7 Å². The Kier molecular flexibility index (Phi) is 2.85. The summed E-state index contributed by atoms with van der Waals surface area (Å²) in [6.07, 6.45) is 1.03. The number of hydrogen-bond donors (Lipinski definition) is 2. The van der Waals surface area contributed by atoms with Crippen molar-refractivity contribution in [2.45, 2.75) is 6.92 Å². The van der Waals surface area contributed by atoms with Gasteiger partial charge in [0.1, 0.15) is 0 Å². The summed E-state index contributed by atoms with van der Waals surface area (Å²) in [5.74, 6) is -2.60. The van der Waals surface area contributed by atoms with Crippen LogP contribution in [0.5, 0.6) is 0 Å². The van der Waals surface area contributed by atoms with E-state index in [1.54, 1.807) is 6.92 Å². The number of carboxylic acid groups (broad SMARTS) is 2. The second-order valence-electron chi connectivity index (χ2n) is 2.56. The predicted octanol–water partition coefficient (Wildman–Crippen LogP) is 1.55. The third-order valence-electron chi connectivity index (χ3n) is 1.64. The van der Waals surface area contributed by atoms with Crippen LogP contribution in [-0.2, 0) is 0 Å². The maximum Gasteiger partial charge on any atom is 0.338 e. The number of nitrogens with zero attached hydrogens (tertiary/aromatic N) is 1. The fraction of sp³-hybridized carbons (Fsp3) is 0.125. The molecule has 0 unspecified atom stereocenters. The Morgan fingerprint density at radius 2 is 1.93 bits per heavy atom. The van der Waals surface area contributed by atoms with Crippen LogP contribution in [0.1, 0.15) is 26.4 Å². The summed E-state index contributed by atoms with van der Waals surface area (Å²) in [5.41, 5.74) is -0.160. The molecule has 0 saturated carbocycles. The van der Waals surface area contributed by atoms with E-state index in [0.29, 0.717) is 5.69 Å². The molecule has 1 aromatic rings. The lowest BCUT2D eigenvalue weighted by molar-refractivity contribution is 0.0650.